The van der Waals surface area contributed by atoms with Gasteiger partial charge in [-0.2, -0.15) is 0 Å². The van der Waals surface area contributed by atoms with Crippen LogP contribution in [0.3, 0.4) is 0 Å². The summed E-state index contributed by atoms with van der Waals surface area (Å²) in [6.45, 7) is 15.4. The number of nitrogens with zero attached hydrogens (tertiary/aromatic N) is 4. The van der Waals surface area contributed by atoms with E-state index >= 15 is 0 Å². The highest BCUT2D eigenvalue weighted by Gasteiger charge is 2.39. The Morgan fingerprint density at radius 2 is 2.12 bits per heavy atom. The summed E-state index contributed by atoms with van der Waals surface area (Å²) in [6, 6.07) is 0.0325. The Kier molecular flexibility index (Phi) is 9.26. The van der Waals surface area contributed by atoms with E-state index in [2.05, 4.69) is 49.7 Å². The maximum atomic E-state index is 13.5. The highest BCUT2D eigenvalue weighted by atomic mass is 35.5. The molecule has 2 aliphatic heterocycles. The third kappa shape index (κ3) is 6.53. The van der Waals surface area contributed by atoms with Crippen molar-refractivity contribution < 1.29 is 9.53 Å². The molecule has 1 unspecified atom stereocenters. The van der Waals surface area contributed by atoms with Crippen LogP contribution in [-0.2, 0) is 4.74 Å². The van der Waals surface area contributed by atoms with E-state index in [4.69, 9.17) is 16.3 Å². The maximum Gasteiger partial charge on any atom is 0.324 e. The Morgan fingerprint density at radius 3 is 2.69 bits per heavy atom. The molecular formula is C25H41ClN4O2. The first-order valence-electron chi connectivity index (χ1n) is 11.6. The van der Waals surface area contributed by atoms with Crippen LogP contribution in [0.5, 0.6) is 0 Å². The molecule has 2 amide bonds. The summed E-state index contributed by atoms with van der Waals surface area (Å²) in [6.07, 6.45) is 7.94. The molecule has 0 spiro atoms. The van der Waals surface area contributed by atoms with E-state index in [1.807, 2.05) is 37.7 Å². The molecule has 0 aliphatic carbocycles. The van der Waals surface area contributed by atoms with Crippen molar-refractivity contribution in [2.24, 2.45) is 16.3 Å². The summed E-state index contributed by atoms with van der Waals surface area (Å²) >= 11 is 6.07. The lowest BCUT2D eigenvalue weighted by molar-refractivity contribution is 0.0767. The average molecular weight is 465 g/mol. The predicted molar refractivity (Wildman–Crippen MR) is 134 cm³/mol. The SMILES string of the molecule is CCC1COC(/C=C(\C)Cl)=C(C)N1C(=O)N(C)C[C@]1(C)CCN(C(/C=C\C(C)C)=NC)C1. The molecule has 1 saturated heterocycles. The number of rotatable bonds is 6. The average Bonchev–Trinajstić information content (AvgIpc) is 3.10. The first-order chi connectivity index (χ1) is 15.0. The smallest absolute Gasteiger partial charge is 0.324 e. The van der Waals surface area contributed by atoms with E-state index in [1.165, 1.54) is 0 Å². The van der Waals surface area contributed by atoms with Gasteiger partial charge in [0.1, 0.15) is 18.2 Å². The third-order valence-electron chi connectivity index (χ3n) is 6.21. The standard InChI is InChI=1S/C25H41ClN4O2/c1-9-21-15-32-22(14-19(4)26)20(5)30(21)24(31)28(8)16-25(6)12-13-29(17-25)23(27-7)11-10-18(2)3/h10-11,14,18,21H,9,12-13,15-17H2,1-8H3/b11-10-,19-14+,27-23?/t21?,25-/m0/s1. The number of hydrogen-bond acceptors (Lipinski definition) is 3. The van der Waals surface area contributed by atoms with Gasteiger partial charge < -0.3 is 14.5 Å². The normalized spacial score (nSPS) is 25.2. The fourth-order valence-corrected chi connectivity index (χ4v) is 4.56. The molecule has 2 rings (SSSR count). The zero-order valence-corrected chi connectivity index (χ0v) is 21.9. The van der Waals surface area contributed by atoms with Gasteiger partial charge in [0, 0.05) is 44.2 Å². The molecule has 2 heterocycles. The Hall–Kier alpha value is -1.95. The van der Waals surface area contributed by atoms with Crippen molar-refractivity contribution in [3.8, 4) is 0 Å². The van der Waals surface area contributed by atoms with Gasteiger partial charge in [0.25, 0.3) is 0 Å². The molecule has 6 nitrogen and oxygen atoms in total. The third-order valence-corrected chi connectivity index (χ3v) is 6.32. The fourth-order valence-electron chi connectivity index (χ4n) is 4.46. The first kappa shape index (κ1) is 26.3. The molecule has 0 N–H and O–H groups in total. The minimum Gasteiger partial charge on any atom is -0.490 e. The Bertz CT molecular complexity index is 798. The molecule has 0 bridgehead atoms. The second-order valence-electron chi connectivity index (χ2n) is 9.73. The zero-order chi connectivity index (χ0) is 24.1. The number of likely N-dealkylation sites (tertiary alicyclic amines) is 1. The zero-order valence-electron chi connectivity index (χ0n) is 21.1. The van der Waals surface area contributed by atoms with E-state index in [9.17, 15) is 4.79 Å². The largest absolute Gasteiger partial charge is 0.490 e. The molecule has 0 aromatic rings. The van der Waals surface area contributed by atoms with Crippen LogP contribution in [0, 0.1) is 11.3 Å². The van der Waals surface area contributed by atoms with Crippen LogP contribution >= 0.6 is 11.6 Å². The molecule has 0 saturated carbocycles. The molecule has 2 atom stereocenters. The number of aliphatic imine (C=N–C) groups is 1. The van der Waals surface area contributed by atoms with Gasteiger partial charge in [-0.05, 0) is 44.8 Å². The summed E-state index contributed by atoms with van der Waals surface area (Å²) in [4.78, 5) is 24.1. The topological polar surface area (TPSA) is 48.4 Å². The molecule has 7 heteroatoms. The van der Waals surface area contributed by atoms with Gasteiger partial charge >= 0.3 is 6.03 Å². The van der Waals surface area contributed by atoms with Crippen molar-refractivity contribution in [2.75, 3.05) is 40.3 Å². The van der Waals surface area contributed by atoms with E-state index in [0.29, 0.717) is 29.9 Å². The molecule has 0 aromatic heterocycles. The summed E-state index contributed by atoms with van der Waals surface area (Å²) in [5, 5.41) is 0.633. The van der Waals surface area contributed by atoms with Gasteiger partial charge in [-0.25, -0.2) is 4.79 Å². The number of amidine groups is 1. The summed E-state index contributed by atoms with van der Waals surface area (Å²) in [5.74, 6) is 2.17. The van der Waals surface area contributed by atoms with Crippen LogP contribution in [0.2, 0.25) is 0 Å². The number of allylic oxidation sites excluding steroid dienone is 4. The van der Waals surface area contributed by atoms with Crippen molar-refractivity contribution >= 4 is 23.5 Å². The molecule has 1 fully saturated rings. The van der Waals surface area contributed by atoms with Gasteiger partial charge in [-0.3, -0.25) is 9.89 Å². The lowest BCUT2D eigenvalue weighted by Gasteiger charge is -2.40. The summed E-state index contributed by atoms with van der Waals surface area (Å²) < 4.78 is 5.89. The van der Waals surface area contributed by atoms with Crippen molar-refractivity contribution in [3.05, 3.63) is 34.7 Å². The second-order valence-corrected chi connectivity index (χ2v) is 10.3. The summed E-state index contributed by atoms with van der Waals surface area (Å²) in [5.41, 5.74) is 0.824. The minimum absolute atomic E-state index is 0.00704. The number of hydrogen-bond donors (Lipinski definition) is 0. The first-order valence-corrected chi connectivity index (χ1v) is 12.0. The highest BCUT2D eigenvalue weighted by molar-refractivity contribution is 6.29. The van der Waals surface area contributed by atoms with Gasteiger partial charge in [-0.15, -0.1) is 0 Å². The Balaban J connectivity index is 2.14. The van der Waals surface area contributed by atoms with Crippen LogP contribution < -0.4 is 0 Å². The van der Waals surface area contributed by atoms with E-state index in [0.717, 1.165) is 37.5 Å². The number of carbonyl (C=O) groups is 1. The van der Waals surface area contributed by atoms with Crippen molar-refractivity contribution in [2.45, 2.75) is 60.4 Å². The number of amides is 2. The van der Waals surface area contributed by atoms with E-state index < -0.39 is 0 Å². The number of halogens is 1. The lowest BCUT2D eigenvalue weighted by Crippen LogP contribution is -2.51. The number of ether oxygens (including phenoxy) is 1. The Labute approximate surface area is 199 Å². The maximum absolute atomic E-state index is 13.5. The molecule has 0 aromatic carbocycles. The van der Waals surface area contributed by atoms with E-state index in [1.54, 1.807) is 6.08 Å². The monoisotopic (exact) mass is 464 g/mol. The minimum atomic E-state index is 0.00704. The number of urea groups is 1. The number of carbonyl (C=O) groups excluding carboxylic acids is 1. The molecule has 2 aliphatic rings. The van der Waals surface area contributed by atoms with Crippen molar-refractivity contribution in [1.29, 1.82) is 0 Å². The highest BCUT2D eigenvalue weighted by Crippen LogP contribution is 2.33. The van der Waals surface area contributed by atoms with Crippen LogP contribution in [0.25, 0.3) is 0 Å². The van der Waals surface area contributed by atoms with Gasteiger partial charge in [0.15, 0.2) is 0 Å². The molecular weight excluding hydrogens is 424 g/mol. The molecule has 180 valence electrons. The lowest BCUT2D eigenvalue weighted by atomic mass is 9.89. The van der Waals surface area contributed by atoms with Gasteiger partial charge in [0.05, 0.1) is 11.7 Å². The van der Waals surface area contributed by atoms with E-state index in [-0.39, 0.29) is 17.5 Å². The fraction of sp³-hybridized carbons (Fsp3) is 0.680. The van der Waals surface area contributed by atoms with Crippen LogP contribution in [0.15, 0.2) is 39.7 Å². The summed E-state index contributed by atoms with van der Waals surface area (Å²) in [7, 11) is 3.75. The second kappa shape index (κ2) is 11.3. The van der Waals surface area contributed by atoms with Gasteiger partial charge in [-0.1, -0.05) is 45.4 Å². The quantitative estimate of drug-likeness (QED) is 0.386. The van der Waals surface area contributed by atoms with Gasteiger partial charge in [0.2, 0.25) is 0 Å². The predicted octanol–water partition coefficient (Wildman–Crippen LogP) is 5.48. The van der Waals surface area contributed by atoms with Crippen LogP contribution in [0.4, 0.5) is 4.79 Å². The molecule has 32 heavy (non-hydrogen) atoms. The molecule has 0 radical (unpaired) electrons. The Morgan fingerprint density at radius 1 is 1.44 bits per heavy atom. The van der Waals surface area contributed by atoms with Crippen LogP contribution in [0.1, 0.15) is 54.4 Å². The van der Waals surface area contributed by atoms with Crippen molar-refractivity contribution in [1.82, 2.24) is 14.7 Å². The van der Waals surface area contributed by atoms with Crippen molar-refractivity contribution in [3.63, 3.8) is 0 Å². The van der Waals surface area contributed by atoms with Crippen LogP contribution in [-0.4, -0.2) is 72.9 Å².